The molecule has 0 spiro atoms. The van der Waals surface area contributed by atoms with E-state index >= 15 is 0 Å². The van der Waals surface area contributed by atoms with Gasteiger partial charge in [0.25, 0.3) is 0 Å². The number of sulfonamides is 1. The maximum Gasteiger partial charge on any atom is 0.212 e. The molecule has 0 radical (unpaired) electrons. The fraction of sp³-hybridized carbons (Fsp3) is 1.00. The van der Waals surface area contributed by atoms with Gasteiger partial charge in [0, 0.05) is 0 Å². The number of hydrogen-bond acceptors (Lipinski definition) is 3. The minimum atomic E-state index is -3.16. The summed E-state index contributed by atoms with van der Waals surface area (Å²) in [7, 11) is -3.16. The highest BCUT2D eigenvalue weighted by Gasteiger charge is 2.44. The molecule has 0 aromatic rings. The first kappa shape index (κ1) is 10.9. The molecule has 78 valence electrons. The summed E-state index contributed by atoms with van der Waals surface area (Å²) in [6.45, 7) is 1.87. The summed E-state index contributed by atoms with van der Waals surface area (Å²) >= 11 is 0. The van der Waals surface area contributed by atoms with Gasteiger partial charge < -0.3 is 5.11 Å². The average molecular weight is 207 g/mol. The zero-order valence-electron chi connectivity index (χ0n) is 7.91. The number of aliphatic hydroxyl groups is 1. The molecule has 4 nitrogen and oxygen atoms in total. The molecule has 0 amide bonds. The van der Waals surface area contributed by atoms with Crippen LogP contribution in [0.25, 0.3) is 0 Å². The summed E-state index contributed by atoms with van der Waals surface area (Å²) in [4.78, 5) is 0. The number of nitrogens with one attached hydrogen (secondary N) is 1. The van der Waals surface area contributed by atoms with Crippen LogP contribution in [0.3, 0.4) is 0 Å². The molecule has 0 aromatic carbocycles. The fourth-order valence-electron chi connectivity index (χ4n) is 1.16. The van der Waals surface area contributed by atoms with Crippen LogP contribution >= 0.6 is 0 Å². The van der Waals surface area contributed by atoms with Crippen molar-refractivity contribution in [2.45, 2.75) is 38.1 Å². The largest absolute Gasteiger partial charge is 0.394 e. The van der Waals surface area contributed by atoms with Crippen molar-refractivity contribution < 1.29 is 13.5 Å². The second-order valence-electron chi connectivity index (χ2n) is 3.71. The molecule has 0 aromatic heterocycles. The van der Waals surface area contributed by atoms with Crippen LogP contribution in [0.15, 0.2) is 0 Å². The Hall–Kier alpha value is -0.130. The Bertz CT molecular complexity index is 257. The van der Waals surface area contributed by atoms with Crippen LogP contribution in [0, 0.1) is 0 Å². The third-order valence-corrected chi connectivity index (χ3v) is 3.86. The summed E-state index contributed by atoms with van der Waals surface area (Å²) in [6, 6.07) is 0. The molecule has 1 aliphatic carbocycles. The highest BCUT2D eigenvalue weighted by molar-refractivity contribution is 7.89. The van der Waals surface area contributed by atoms with E-state index in [1.807, 2.05) is 6.92 Å². The molecule has 13 heavy (non-hydrogen) atoms. The van der Waals surface area contributed by atoms with E-state index in [0.29, 0.717) is 6.42 Å². The quantitative estimate of drug-likeness (QED) is 0.655. The molecule has 0 unspecified atom stereocenters. The molecule has 2 N–H and O–H groups in total. The Kier molecular flexibility index (Phi) is 3.32. The first-order valence-corrected chi connectivity index (χ1v) is 6.31. The van der Waals surface area contributed by atoms with E-state index in [1.54, 1.807) is 0 Å². The van der Waals surface area contributed by atoms with E-state index in [4.69, 9.17) is 5.11 Å². The van der Waals surface area contributed by atoms with Gasteiger partial charge in [-0.1, -0.05) is 13.3 Å². The van der Waals surface area contributed by atoms with Crippen LogP contribution in [0.4, 0.5) is 0 Å². The minimum Gasteiger partial charge on any atom is -0.394 e. The monoisotopic (exact) mass is 207 g/mol. The lowest BCUT2D eigenvalue weighted by atomic mass is 10.3. The molecular weight excluding hydrogens is 190 g/mol. The first-order valence-electron chi connectivity index (χ1n) is 4.66. The Balaban J connectivity index is 2.43. The van der Waals surface area contributed by atoms with E-state index < -0.39 is 15.6 Å². The van der Waals surface area contributed by atoms with Crippen molar-refractivity contribution in [1.82, 2.24) is 4.72 Å². The van der Waals surface area contributed by atoms with Crippen LogP contribution in [0.5, 0.6) is 0 Å². The second-order valence-corrected chi connectivity index (χ2v) is 5.55. The molecule has 0 heterocycles. The van der Waals surface area contributed by atoms with Crippen LogP contribution in [0.1, 0.15) is 32.6 Å². The Morgan fingerprint density at radius 2 is 2.08 bits per heavy atom. The summed E-state index contributed by atoms with van der Waals surface area (Å²) < 4.78 is 25.3. The van der Waals surface area contributed by atoms with Crippen LogP contribution in [-0.4, -0.2) is 31.4 Å². The highest BCUT2D eigenvalue weighted by atomic mass is 32.2. The molecule has 1 aliphatic rings. The summed E-state index contributed by atoms with van der Waals surface area (Å²) in [5.41, 5.74) is -0.507. The average Bonchev–Trinajstić information content (AvgIpc) is 2.81. The van der Waals surface area contributed by atoms with Gasteiger partial charge in [0.15, 0.2) is 0 Å². The van der Waals surface area contributed by atoms with Crippen molar-refractivity contribution in [3.63, 3.8) is 0 Å². The lowest BCUT2D eigenvalue weighted by Crippen LogP contribution is -2.40. The lowest BCUT2D eigenvalue weighted by molar-refractivity contribution is 0.246. The van der Waals surface area contributed by atoms with Gasteiger partial charge in [-0.05, 0) is 19.3 Å². The van der Waals surface area contributed by atoms with E-state index in [0.717, 1.165) is 19.3 Å². The third-order valence-electron chi connectivity index (χ3n) is 2.29. The van der Waals surface area contributed by atoms with Crippen molar-refractivity contribution in [1.29, 1.82) is 0 Å². The second kappa shape index (κ2) is 3.94. The van der Waals surface area contributed by atoms with Gasteiger partial charge in [-0.15, -0.1) is 0 Å². The standard InChI is InChI=1S/C8H17NO3S/c1-2-3-6-13(11,12)9-8(7-10)4-5-8/h9-10H,2-7H2,1H3. The van der Waals surface area contributed by atoms with Crippen molar-refractivity contribution in [3.05, 3.63) is 0 Å². The van der Waals surface area contributed by atoms with Crippen LogP contribution in [-0.2, 0) is 10.0 Å². The molecule has 5 heteroatoms. The van der Waals surface area contributed by atoms with Crippen LogP contribution in [0.2, 0.25) is 0 Å². The molecule has 0 bridgehead atoms. The lowest BCUT2D eigenvalue weighted by Gasteiger charge is -2.13. The molecule has 0 aliphatic heterocycles. The normalized spacial score (nSPS) is 20.2. The van der Waals surface area contributed by atoms with Gasteiger partial charge in [0.2, 0.25) is 10.0 Å². The van der Waals surface area contributed by atoms with E-state index in [2.05, 4.69) is 4.72 Å². The molecule has 1 fully saturated rings. The predicted octanol–water partition coefficient (Wildman–Crippen LogP) is 0.231. The maximum atomic E-state index is 11.4. The van der Waals surface area contributed by atoms with Gasteiger partial charge in [-0.3, -0.25) is 0 Å². The number of unbranched alkanes of at least 4 members (excludes halogenated alkanes) is 1. The van der Waals surface area contributed by atoms with Gasteiger partial charge in [-0.25, -0.2) is 13.1 Å². The zero-order valence-corrected chi connectivity index (χ0v) is 8.73. The number of rotatable bonds is 6. The third kappa shape index (κ3) is 3.25. The van der Waals surface area contributed by atoms with Gasteiger partial charge in [0.1, 0.15) is 0 Å². The van der Waals surface area contributed by atoms with Gasteiger partial charge in [-0.2, -0.15) is 0 Å². The topological polar surface area (TPSA) is 66.4 Å². The van der Waals surface area contributed by atoms with Gasteiger partial charge >= 0.3 is 0 Å². The smallest absolute Gasteiger partial charge is 0.212 e. The van der Waals surface area contributed by atoms with E-state index in [1.165, 1.54) is 0 Å². The highest BCUT2D eigenvalue weighted by Crippen LogP contribution is 2.35. The SMILES string of the molecule is CCCCS(=O)(=O)NC1(CO)CC1. The van der Waals surface area contributed by atoms with E-state index in [-0.39, 0.29) is 12.4 Å². The molecular formula is C8H17NO3S. The van der Waals surface area contributed by atoms with Crippen molar-refractivity contribution in [2.24, 2.45) is 0 Å². The maximum absolute atomic E-state index is 11.4. The summed E-state index contributed by atoms with van der Waals surface area (Å²) in [5.74, 6) is 0.172. The van der Waals surface area contributed by atoms with Crippen molar-refractivity contribution in [3.8, 4) is 0 Å². The minimum absolute atomic E-state index is 0.0850. The predicted molar refractivity (Wildman–Crippen MR) is 50.9 cm³/mol. The first-order chi connectivity index (χ1) is 6.04. The molecule has 0 atom stereocenters. The molecule has 1 saturated carbocycles. The Morgan fingerprint density at radius 1 is 1.46 bits per heavy atom. The Labute approximate surface area is 79.4 Å². The summed E-state index contributed by atoms with van der Waals surface area (Å²) in [5, 5.41) is 8.92. The van der Waals surface area contributed by atoms with Crippen molar-refractivity contribution in [2.75, 3.05) is 12.4 Å². The summed E-state index contributed by atoms with van der Waals surface area (Å²) in [6.07, 6.45) is 3.06. The molecule has 0 saturated heterocycles. The number of aliphatic hydroxyl groups excluding tert-OH is 1. The van der Waals surface area contributed by atoms with Crippen LogP contribution < -0.4 is 4.72 Å². The number of hydrogen-bond donors (Lipinski definition) is 2. The fourth-order valence-corrected chi connectivity index (χ4v) is 2.86. The Morgan fingerprint density at radius 3 is 2.46 bits per heavy atom. The zero-order chi connectivity index (χ0) is 9.95. The van der Waals surface area contributed by atoms with Gasteiger partial charge in [0.05, 0.1) is 17.9 Å². The molecule has 1 rings (SSSR count). The van der Waals surface area contributed by atoms with Crippen molar-refractivity contribution >= 4 is 10.0 Å². The van der Waals surface area contributed by atoms with E-state index in [9.17, 15) is 8.42 Å².